The molecule has 1 spiro atoms. The van der Waals surface area contributed by atoms with Crippen molar-refractivity contribution < 1.29 is 0 Å². The molecule has 2 saturated carbocycles. The lowest BCUT2D eigenvalue weighted by Gasteiger charge is -2.57. The molecule has 1 aromatic rings. The van der Waals surface area contributed by atoms with E-state index in [9.17, 15) is 0 Å². The van der Waals surface area contributed by atoms with Crippen molar-refractivity contribution in [3.8, 4) is 0 Å². The Morgan fingerprint density at radius 2 is 1.71 bits per heavy atom. The van der Waals surface area contributed by atoms with Crippen molar-refractivity contribution in [3.05, 3.63) is 35.9 Å². The molecule has 2 nitrogen and oxygen atoms in total. The van der Waals surface area contributed by atoms with E-state index in [1.165, 1.54) is 57.1 Å². The zero-order chi connectivity index (χ0) is 14.3. The zero-order valence-electron chi connectivity index (χ0n) is 13.3. The van der Waals surface area contributed by atoms with Gasteiger partial charge in [-0.05, 0) is 44.6 Å². The van der Waals surface area contributed by atoms with Crippen LogP contribution in [-0.4, -0.2) is 29.1 Å². The maximum absolute atomic E-state index is 3.95. The molecule has 1 aromatic carbocycles. The number of nitrogens with one attached hydrogen (secondary N) is 1. The summed E-state index contributed by atoms with van der Waals surface area (Å²) in [7, 11) is 0. The molecule has 1 heterocycles. The van der Waals surface area contributed by atoms with Crippen molar-refractivity contribution in [1.29, 1.82) is 0 Å². The van der Waals surface area contributed by atoms with Gasteiger partial charge in [-0.2, -0.15) is 0 Å². The molecule has 114 valence electrons. The summed E-state index contributed by atoms with van der Waals surface area (Å²) in [5.41, 5.74) is 2.35. The monoisotopic (exact) mass is 284 g/mol. The summed E-state index contributed by atoms with van der Waals surface area (Å²) in [6.45, 7) is 4.88. The maximum Gasteiger partial charge on any atom is 0.0479 e. The van der Waals surface area contributed by atoms with Crippen LogP contribution in [0.1, 0.15) is 63.5 Å². The van der Waals surface area contributed by atoms with Gasteiger partial charge < -0.3 is 5.32 Å². The van der Waals surface area contributed by atoms with Gasteiger partial charge in [0.1, 0.15) is 0 Å². The topological polar surface area (TPSA) is 15.3 Å². The number of nitrogens with zero attached hydrogens (tertiary/aromatic N) is 1. The molecule has 1 N–H and O–H groups in total. The molecular weight excluding hydrogens is 256 g/mol. The lowest BCUT2D eigenvalue weighted by molar-refractivity contribution is -0.0496. The Labute approximate surface area is 128 Å². The summed E-state index contributed by atoms with van der Waals surface area (Å²) < 4.78 is 0. The summed E-state index contributed by atoms with van der Waals surface area (Å²) in [6.07, 6.45) is 9.75. The Balaban J connectivity index is 1.64. The largest absolute Gasteiger partial charge is 0.308 e. The van der Waals surface area contributed by atoms with Gasteiger partial charge in [-0.15, -0.1) is 0 Å². The van der Waals surface area contributed by atoms with Crippen LogP contribution in [0.25, 0.3) is 0 Å². The Bertz CT molecular complexity index is 486. The van der Waals surface area contributed by atoms with E-state index in [2.05, 4.69) is 47.5 Å². The first-order valence-corrected chi connectivity index (χ1v) is 8.78. The van der Waals surface area contributed by atoms with Crippen LogP contribution in [0.15, 0.2) is 30.3 Å². The molecule has 1 saturated heterocycles. The Hall–Kier alpha value is -0.860. The molecule has 1 atom stereocenters. The molecule has 4 rings (SSSR count). The summed E-state index contributed by atoms with van der Waals surface area (Å²) in [5, 5.41) is 3.95. The van der Waals surface area contributed by atoms with Crippen LogP contribution >= 0.6 is 0 Å². The van der Waals surface area contributed by atoms with Gasteiger partial charge in [0, 0.05) is 30.2 Å². The second-order valence-corrected chi connectivity index (χ2v) is 7.77. The molecule has 0 aromatic heterocycles. The number of hydrogen-bond acceptors (Lipinski definition) is 2. The maximum atomic E-state index is 3.95. The van der Waals surface area contributed by atoms with Crippen LogP contribution in [0.5, 0.6) is 0 Å². The van der Waals surface area contributed by atoms with Crippen molar-refractivity contribution in [2.75, 3.05) is 13.1 Å². The predicted molar refractivity (Wildman–Crippen MR) is 87.3 cm³/mol. The van der Waals surface area contributed by atoms with Gasteiger partial charge in [-0.25, -0.2) is 0 Å². The number of benzene rings is 1. The van der Waals surface area contributed by atoms with Crippen molar-refractivity contribution in [2.45, 2.75) is 69.0 Å². The molecule has 3 aliphatic rings. The van der Waals surface area contributed by atoms with E-state index in [1.54, 1.807) is 0 Å². The first kappa shape index (κ1) is 13.8. The molecule has 1 unspecified atom stereocenters. The van der Waals surface area contributed by atoms with Crippen LogP contribution in [0, 0.1) is 0 Å². The van der Waals surface area contributed by atoms with E-state index in [-0.39, 0.29) is 0 Å². The third-order valence-corrected chi connectivity index (χ3v) is 6.39. The number of rotatable bonds is 2. The van der Waals surface area contributed by atoms with Gasteiger partial charge in [-0.3, -0.25) is 4.90 Å². The van der Waals surface area contributed by atoms with Crippen LogP contribution in [0.2, 0.25) is 0 Å². The van der Waals surface area contributed by atoms with E-state index in [0.29, 0.717) is 17.1 Å². The quantitative estimate of drug-likeness (QED) is 0.886. The Kier molecular flexibility index (Phi) is 3.35. The van der Waals surface area contributed by atoms with Crippen LogP contribution in [-0.2, 0) is 0 Å². The molecule has 21 heavy (non-hydrogen) atoms. The first-order valence-electron chi connectivity index (χ1n) is 8.78. The van der Waals surface area contributed by atoms with Crippen LogP contribution < -0.4 is 5.32 Å². The van der Waals surface area contributed by atoms with E-state index < -0.39 is 0 Å². The molecule has 0 bridgehead atoms. The van der Waals surface area contributed by atoms with Crippen molar-refractivity contribution >= 4 is 0 Å². The van der Waals surface area contributed by atoms with Gasteiger partial charge >= 0.3 is 0 Å². The summed E-state index contributed by atoms with van der Waals surface area (Å²) in [6, 6.07) is 11.7. The average Bonchev–Trinajstić information content (AvgIpc) is 2.94. The standard InChI is InChI=1S/C19H28N2/c1-18(10-7-11-18)21-15-19(12-5-6-13-19)20-14-17(21)16-8-3-2-4-9-16/h2-4,8-9,17,20H,5-7,10-15H2,1H3. The lowest BCUT2D eigenvalue weighted by Crippen LogP contribution is -2.66. The van der Waals surface area contributed by atoms with E-state index in [1.807, 2.05) is 0 Å². The van der Waals surface area contributed by atoms with Gasteiger partial charge in [0.15, 0.2) is 0 Å². The third-order valence-electron chi connectivity index (χ3n) is 6.39. The highest BCUT2D eigenvalue weighted by Crippen LogP contribution is 2.46. The van der Waals surface area contributed by atoms with Crippen LogP contribution in [0.3, 0.4) is 0 Å². The van der Waals surface area contributed by atoms with Gasteiger partial charge in [0.05, 0.1) is 0 Å². The minimum atomic E-state index is 0.421. The lowest BCUT2D eigenvalue weighted by atomic mass is 9.73. The predicted octanol–water partition coefficient (Wildman–Crippen LogP) is 3.89. The summed E-state index contributed by atoms with van der Waals surface area (Å²) >= 11 is 0. The number of piperazine rings is 1. The zero-order valence-corrected chi connectivity index (χ0v) is 13.3. The van der Waals surface area contributed by atoms with Crippen molar-refractivity contribution in [2.24, 2.45) is 0 Å². The average molecular weight is 284 g/mol. The van der Waals surface area contributed by atoms with Gasteiger partial charge in [-0.1, -0.05) is 43.2 Å². The van der Waals surface area contributed by atoms with Gasteiger partial charge in [0.2, 0.25) is 0 Å². The fourth-order valence-electron chi connectivity index (χ4n) is 4.82. The van der Waals surface area contributed by atoms with Crippen LogP contribution in [0.4, 0.5) is 0 Å². The minimum absolute atomic E-state index is 0.421. The van der Waals surface area contributed by atoms with E-state index in [0.717, 1.165) is 6.54 Å². The normalized spacial score (nSPS) is 31.2. The second-order valence-electron chi connectivity index (χ2n) is 7.77. The fourth-order valence-corrected chi connectivity index (χ4v) is 4.82. The van der Waals surface area contributed by atoms with Crippen molar-refractivity contribution in [1.82, 2.24) is 10.2 Å². The first-order chi connectivity index (χ1) is 10.2. The Morgan fingerprint density at radius 3 is 2.33 bits per heavy atom. The smallest absolute Gasteiger partial charge is 0.0479 e. The molecular formula is C19H28N2. The third kappa shape index (κ3) is 2.33. The minimum Gasteiger partial charge on any atom is -0.308 e. The van der Waals surface area contributed by atoms with E-state index >= 15 is 0 Å². The molecule has 1 aliphatic heterocycles. The number of hydrogen-bond donors (Lipinski definition) is 1. The second kappa shape index (κ2) is 5.10. The highest BCUT2D eigenvalue weighted by molar-refractivity contribution is 5.23. The summed E-state index contributed by atoms with van der Waals surface area (Å²) in [4.78, 5) is 2.87. The molecule has 0 radical (unpaired) electrons. The van der Waals surface area contributed by atoms with E-state index in [4.69, 9.17) is 0 Å². The van der Waals surface area contributed by atoms with Crippen molar-refractivity contribution in [3.63, 3.8) is 0 Å². The fraction of sp³-hybridized carbons (Fsp3) is 0.684. The molecule has 0 amide bonds. The molecule has 2 heteroatoms. The highest BCUT2D eigenvalue weighted by atomic mass is 15.3. The Morgan fingerprint density at radius 1 is 1.00 bits per heavy atom. The SMILES string of the molecule is CC1(N2CC3(CCCC3)NCC2c2ccccc2)CCC1. The molecule has 3 fully saturated rings. The highest BCUT2D eigenvalue weighted by Gasteiger charge is 2.49. The van der Waals surface area contributed by atoms with Gasteiger partial charge in [0.25, 0.3) is 0 Å². The summed E-state index contributed by atoms with van der Waals surface area (Å²) in [5.74, 6) is 0. The molecule has 2 aliphatic carbocycles.